The van der Waals surface area contributed by atoms with Crippen LogP contribution in [0.1, 0.15) is 36.0 Å². The third kappa shape index (κ3) is 3.03. The molecule has 18 heavy (non-hydrogen) atoms. The van der Waals surface area contributed by atoms with Crippen molar-refractivity contribution >= 4 is 17.7 Å². The number of hydrogen-bond donors (Lipinski definition) is 2. The molecule has 1 heterocycles. The zero-order chi connectivity index (χ0) is 13.0. The van der Waals surface area contributed by atoms with E-state index in [0.717, 1.165) is 25.7 Å². The van der Waals surface area contributed by atoms with E-state index in [4.69, 9.17) is 0 Å². The number of pyridine rings is 1. The van der Waals surface area contributed by atoms with E-state index in [2.05, 4.69) is 10.3 Å². The molecule has 1 saturated carbocycles. The number of rotatable bonds is 4. The highest BCUT2D eigenvalue weighted by Crippen LogP contribution is 2.28. The van der Waals surface area contributed by atoms with Crippen LogP contribution in [0.15, 0.2) is 23.4 Å². The molecule has 0 saturated heterocycles. The Kier molecular flexibility index (Phi) is 4.24. The zero-order valence-electron chi connectivity index (χ0n) is 10.5. The fourth-order valence-electron chi connectivity index (χ4n) is 2.28. The molecule has 0 bridgehead atoms. The third-order valence-corrected chi connectivity index (χ3v) is 4.03. The Morgan fingerprint density at radius 2 is 2.28 bits per heavy atom. The molecular weight excluding hydrogens is 248 g/mol. The lowest BCUT2D eigenvalue weighted by molar-refractivity contribution is 0.0449. The van der Waals surface area contributed by atoms with Crippen molar-refractivity contribution in [2.75, 3.05) is 12.8 Å². The third-order valence-electron chi connectivity index (χ3n) is 3.32. The summed E-state index contributed by atoms with van der Waals surface area (Å²) < 4.78 is 0. The van der Waals surface area contributed by atoms with Crippen LogP contribution >= 0.6 is 11.8 Å². The molecule has 1 fully saturated rings. The Hall–Kier alpha value is -1.07. The van der Waals surface area contributed by atoms with Crippen molar-refractivity contribution in [1.82, 2.24) is 10.3 Å². The first kappa shape index (κ1) is 13.4. The second-order valence-corrected chi connectivity index (χ2v) is 5.47. The standard InChI is InChI=1S/C13H18N2O2S/c1-18-12-10(5-4-8-14-12)11(16)15-9-13(17)6-2-3-7-13/h4-5,8,17H,2-3,6-7,9H2,1H3,(H,15,16). The van der Waals surface area contributed by atoms with Crippen LogP contribution in [0.25, 0.3) is 0 Å². The second kappa shape index (κ2) is 5.71. The van der Waals surface area contributed by atoms with Gasteiger partial charge in [0, 0.05) is 12.7 Å². The van der Waals surface area contributed by atoms with Crippen molar-refractivity contribution in [3.05, 3.63) is 23.9 Å². The molecule has 1 aliphatic rings. The Balaban J connectivity index is 1.99. The summed E-state index contributed by atoms with van der Waals surface area (Å²) in [4.78, 5) is 16.2. The molecule has 0 aliphatic heterocycles. The van der Waals surface area contributed by atoms with Gasteiger partial charge in [-0.2, -0.15) is 0 Å². The number of amides is 1. The van der Waals surface area contributed by atoms with Gasteiger partial charge in [-0.05, 0) is 31.2 Å². The van der Waals surface area contributed by atoms with E-state index in [1.807, 2.05) is 6.26 Å². The van der Waals surface area contributed by atoms with Crippen molar-refractivity contribution in [3.63, 3.8) is 0 Å². The van der Waals surface area contributed by atoms with E-state index < -0.39 is 5.60 Å². The minimum absolute atomic E-state index is 0.159. The van der Waals surface area contributed by atoms with Crippen LogP contribution in [0.3, 0.4) is 0 Å². The number of carbonyl (C=O) groups excluding carboxylic acids is 1. The molecule has 2 rings (SSSR count). The molecule has 98 valence electrons. The Morgan fingerprint density at radius 1 is 1.56 bits per heavy atom. The van der Waals surface area contributed by atoms with Gasteiger partial charge in [0.1, 0.15) is 5.03 Å². The molecule has 2 N–H and O–H groups in total. The molecule has 0 spiro atoms. The molecule has 1 aliphatic carbocycles. The van der Waals surface area contributed by atoms with E-state index in [0.29, 0.717) is 17.1 Å². The van der Waals surface area contributed by atoms with E-state index in [1.54, 1.807) is 18.3 Å². The van der Waals surface area contributed by atoms with Gasteiger partial charge in [0.2, 0.25) is 0 Å². The summed E-state index contributed by atoms with van der Waals surface area (Å²) in [5.74, 6) is -0.159. The lowest BCUT2D eigenvalue weighted by Gasteiger charge is -2.22. The summed E-state index contributed by atoms with van der Waals surface area (Å²) in [6.45, 7) is 0.328. The number of carbonyl (C=O) groups is 1. The van der Waals surface area contributed by atoms with E-state index in [9.17, 15) is 9.90 Å². The van der Waals surface area contributed by atoms with Gasteiger partial charge in [-0.15, -0.1) is 11.8 Å². The van der Waals surface area contributed by atoms with Gasteiger partial charge in [-0.1, -0.05) is 12.8 Å². The summed E-state index contributed by atoms with van der Waals surface area (Å²) in [6.07, 6.45) is 7.19. The van der Waals surface area contributed by atoms with Gasteiger partial charge in [0.15, 0.2) is 0 Å². The van der Waals surface area contributed by atoms with E-state index >= 15 is 0 Å². The quantitative estimate of drug-likeness (QED) is 0.816. The number of thioether (sulfide) groups is 1. The van der Waals surface area contributed by atoms with Crippen LogP contribution in [0, 0.1) is 0 Å². The molecule has 0 aromatic carbocycles. The molecule has 4 nitrogen and oxygen atoms in total. The van der Waals surface area contributed by atoms with Crippen LogP contribution in [-0.2, 0) is 0 Å². The summed E-state index contributed by atoms with van der Waals surface area (Å²) in [6, 6.07) is 3.51. The van der Waals surface area contributed by atoms with Crippen LogP contribution in [0.5, 0.6) is 0 Å². The number of nitrogens with zero attached hydrogens (tertiary/aromatic N) is 1. The maximum atomic E-state index is 12.0. The first-order chi connectivity index (χ1) is 8.64. The van der Waals surface area contributed by atoms with Gasteiger partial charge in [-0.25, -0.2) is 4.98 Å². The van der Waals surface area contributed by atoms with Crippen molar-refractivity contribution in [2.45, 2.75) is 36.3 Å². The molecule has 5 heteroatoms. The average molecular weight is 266 g/mol. The Morgan fingerprint density at radius 3 is 2.94 bits per heavy atom. The summed E-state index contributed by atoms with van der Waals surface area (Å²) in [5, 5.41) is 13.7. The highest BCUT2D eigenvalue weighted by molar-refractivity contribution is 7.98. The van der Waals surface area contributed by atoms with Gasteiger partial charge in [0.05, 0.1) is 11.2 Å². The van der Waals surface area contributed by atoms with Crippen molar-refractivity contribution < 1.29 is 9.90 Å². The fraction of sp³-hybridized carbons (Fsp3) is 0.538. The molecule has 1 amide bonds. The monoisotopic (exact) mass is 266 g/mol. The van der Waals surface area contributed by atoms with Gasteiger partial charge in [0.25, 0.3) is 5.91 Å². The van der Waals surface area contributed by atoms with Crippen molar-refractivity contribution in [1.29, 1.82) is 0 Å². The normalized spacial score (nSPS) is 17.7. The topological polar surface area (TPSA) is 62.2 Å². The zero-order valence-corrected chi connectivity index (χ0v) is 11.3. The van der Waals surface area contributed by atoms with Crippen LogP contribution < -0.4 is 5.32 Å². The lowest BCUT2D eigenvalue weighted by Crippen LogP contribution is -2.40. The highest BCUT2D eigenvalue weighted by atomic mass is 32.2. The number of nitrogens with one attached hydrogen (secondary N) is 1. The van der Waals surface area contributed by atoms with Crippen molar-refractivity contribution in [3.8, 4) is 0 Å². The maximum absolute atomic E-state index is 12.0. The minimum Gasteiger partial charge on any atom is -0.388 e. The van der Waals surface area contributed by atoms with Gasteiger partial charge >= 0.3 is 0 Å². The largest absolute Gasteiger partial charge is 0.388 e. The molecule has 0 unspecified atom stereocenters. The second-order valence-electron chi connectivity index (χ2n) is 4.67. The van der Waals surface area contributed by atoms with Gasteiger partial charge < -0.3 is 10.4 Å². The van der Waals surface area contributed by atoms with Crippen LogP contribution in [0.4, 0.5) is 0 Å². The molecule has 1 aromatic rings. The predicted molar refractivity (Wildman–Crippen MR) is 71.8 cm³/mol. The maximum Gasteiger partial charge on any atom is 0.254 e. The van der Waals surface area contributed by atoms with Crippen molar-refractivity contribution in [2.24, 2.45) is 0 Å². The number of aliphatic hydroxyl groups is 1. The summed E-state index contributed by atoms with van der Waals surface area (Å²) in [5.41, 5.74) is -0.135. The molecule has 0 atom stereocenters. The lowest BCUT2D eigenvalue weighted by atomic mass is 10.0. The van der Waals surface area contributed by atoms with Crippen LogP contribution in [0.2, 0.25) is 0 Å². The molecular formula is C13H18N2O2S. The summed E-state index contributed by atoms with van der Waals surface area (Å²) in [7, 11) is 0. The van der Waals surface area contributed by atoms with Gasteiger partial charge in [-0.3, -0.25) is 4.79 Å². The molecule has 1 aromatic heterocycles. The van der Waals surface area contributed by atoms with E-state index in [-0.39, 0.29) is 5.91 Å². The number of hydrogen-bond acceptors (Lipinski definition) is 4. The van der Waals surface area contributed by atoms with Crippen LogP contribution in [-0.4, -0.2) is 34.4 Å². The predicted octanol–water partition coefficient (Wildman–Crippen LogP) is 1.84. The Labute approximate surface area is 111 Å². The highest BCUT2D eigenvalue weighted by Gasteiger charge is 2.31. The molecule has 0 radical (unpaired) electrons. The van der Waals surface area contributed by atoms with E-state index in [1.165, 1.54) is 11.8 Å². The minimum atomic E-state index is -0.711. The fourth-order valence-corrected chi connectivity index (χ4v) is 2.82. The SMILES string of the molecule is CSc1ncccc1C(=O)NCC1(O)CCCC1. The number of aromatic nitrogens is 1. The average Bonchev–Trinajstić information content (AvgIpc) is 2.83. The first-order valence-electron chi connectivity index (χ1n) is 6.14. The Bertz CT molecular complexity index is 431. The summed E-state index contributed by atoms with van der Waals surface area (Å²) >= 11 is 1.45. The first-order valence-corrected chi connectivity index (χ1v) is 7.37. The smallest absolute Gasteiger partial charge is 0.254 e.